The molecule has 1 heterocycles. The second-order valence-corrected chi connectivity index (χ2v) is 8.82. The molecule has 1 fully saturated rings. The lowest BCUT2D eigenvalue weighted by atomic mass is 9.83. The van der Waals surface area contributed by atoms with Crippen LogP contribution in [0.1, 0.15) is 39.0 Å². The quantitative estimate of drug-likeness (QED) is 0.536. The molecule has 1 aliphatic rings. The van der Waals surface area contributed by atoms with Crippen LogP contribution in [0.4, 0.5) is 0 Å². The molecule has 27 heavy (non-hydrogen) atoms. The van der Waals surface area contributed by atoms with Crippen molar-refractivity contribution in [3.05, 3.63) is 28.7 Å². The number of nitrogens with one attached hydrogen (secondary N) is 1. The van der Waals surface area contributed by atoms with Gasteiger partial charge in [-0.05, 0) is 31.9 Å². The van der Waals surface area contributed by atoms with Crippen molar-refractivity contribution in [2.45, 2.75) is 55.0 Å². The number of thioether (sulfide) groups is 1. The van der Waals surface area contributed by atoms with E-state index in [1.165, 1.54) is 16.4 Å². The van der Waals surface area contributed by atoms with E-state index in [2.05, 4.69) is 37.5 Å². The fourth-order valence-electron chi connectivity index (χ4n) is 3.15. The van der Waals surface area contributed by atoms with Crippen molar-refractivity contribution < 1.29 is 4.79 Å². The zero-order valence-corrected chi connectivity index (χ0v) is 17.4. The predicted octanol–water partition coefficient (Wildman–Crippen LogP) is 3.24. The van der Waals surface area contributed by atoms with Gasteiger partial charge in [0.25, 0.3) is 0 Å². The van der Waals surface area contributed by atoms with Crippen LogP contribution in [0.15, 0.2) is 33.9 Å². The lowest BCUT2D eigenvalue weighted by molar-refractivity contribution is -0.121. The smallest absolute Gasteiger partial charge is 0.234 e. The molecule has 0 bridgehead atoms. The summed E-state index contributed by atoms with van der Waals surface area (Å²) in [5, 5.41) is 20.8. The van der Waals surface area contributed by atoms with E-state index in [0.29, 0.717) is 23.8 Å². The minimum Gasteiger partial charge on any atom is -0.337 e. The van der Waals surface area contributed by atoms with Gasteiger partial charge in [0.2, 0.25) is 11.1 Å². The first kappa shape index (κ1) is 19.7. The minimum atomic E-state index is -0.749. The molecule has 3 rings (SSSR count). The molecule has 2 aromatic rings. The standard InChI is InChI=1S/C18H21BrN6OS/c1-12(16(26)22-18(11-20)9-5-2-6-10-18)27-17-24-23-15(25(17)21)13-7-3-4-8-14(13)19/h3-4,7-8,12H,2,5-6,9-10,21H2,1H3,(H,22,26). The van der Waals surface area contributed by atoms with E-state index in [0.717, 1.165) is 29.3 Å². The molecule has 0 spiro atoms. The SMILES string of the molecule is CC(Sc1nnc(-c2ccccc2Br)n1N)C(=O)NC1(C#N)CCCCC1. The Hall–Kier alpha value is -2.05. The van der Waals surface area contributed by atoms with Crippen LogP contribution in [0.25, 0.3) is 11.4 Å². The molecule has 1 saturated carbocycles. The number of rotatable bonds is 5. The predicted molar refractivity (Wildman–Crippen MR) is 108 cm³/mol. The number of halogens is 1. The maximum absolute atomic E-state index is 12.6. The molecular formula is C18H21BrN6OS. The van der Waals surface area contributed by atoms with Crippen molar-refractivity contribution in [2.75, 3.05) is 5.84 Å². The average Bonchev–Trinajstić information content (AvgIpc) is 3.03. The van der Waals surface area contributed by atoms with Gasteiger partial charge in [0.15, 0.2) is 5.82 Å². The fourth-order valence-corrected chi connectivity index (χ4v) is 4.39. The lowest BCUT2D eigenvalue weighted by Gasteiger charge is -2.32. The van der Waals surface area contributed by atoms with Gasteiger partial charge < -0.3 is 11.2 Å². The first-order chi connectivity index (χ1) is 13.0. The summed E-state index contributed by atoms with van der Waals surface area (Å²) < 4.78 is 2.24. The van der Waals surface area contributed by atoms with Crippen LogP contribution < -0.4 is 11.2 Å². The van der Waals surface area contributed by atoms with Gasteiger partial charge in [0, 0.05) is 10.0 Å². The van der Waals surface area contributed by atoms with Gasteiger partial charge in [-0.15, -0.1) is 10.2 Å². The van der Waals surface area contributed by atoms with E-state index in [1.807, 2.05) is 24.3 Å². The third-order valence-corrected chi connectivity index (χ3v) is 6.46. The Labute approximate surface area is 170 Å². The molecule has 7 nitrogen and oxygen atoms in total. The summed E-state index contributed by atoms with van der Waals surface area (Å²) in [5.74, 6) is 6.48. The molecule has 3 N–H and O–H groups in total. The highest BCUT2D eigenvalue weighted by Gasteiger charge is 2.35. The van der Waals surface area contributed by atoms with Gasteiger partial charge in [-0.1, -0.05) is 59.1 Å². The van der Waals surface area contributed by atoms with Crippen molar-refractivity contribution in [1.29, 1.82) is 5.26 Å². The van der Waals surface area contributed by atoms with E-state index in [-0.39, 0.29) is 5.91 Å². The summed E-state index contributed by atoms with van der Waals surface area (Å²) >= 11 is 4.71. The Balaban J connectivity index is 1.71. The molecular weight excluding hydrogens is 428 g/mol. The molecule has 1 aromatic heterocycles. The largest absolute Gasteiger partial charge is 0.337 e. The summed E-state index contributed by atoms with van der Waals surface area (Å²) in [6.45, 7) is 1.78. The van der Waals surface area contributed by atoms with Gasteiger partial charge in [-0.25, -0.2) is 4.68 Å². The number of aromatic nitrogens is 3. The van der Waals surface area contributed by atoms with Gasteiger partial charge in [-0.3, -0.25) is 4.79 Å². The number of benzene rings is 1. The highest BCUT2D eigenvalue weighted by molar-refractivity contribution is 9.10. The summed E-state index contributed by atoms with van der Waals surface area (Å²) in [4.78, 5) is 12.6. The second kappa shape index (κ2) is 8.31. The molecule has 142 valence electrons. The van der Waals surface area contributed by atoms with Crippen LogP contribution in [-0.2, 0) is 4.79 Å². The highest BCUT2D eigenvalue weighted by Crippen LogP contribution is 2.31. The number of hydrogen-bond donors (Lipinski definition) is 2. The van der Waals surface area contributed by atoms with E-state index < -0.39 is 10.8 Å². The fraction of sp³-hybridized carbons (Fsp3) is 0.444. The van der Waals surface area contributed by atoms with Crippen molar-refractivity contribution in [3.8, 4) is 17.5 Å². The Morgan fingerprint density at radius 2 is 2.07 bits per heavy atom. The molecule has 1 aromatic carbocycles. The molecule has 1 unspecified atom stereocenters. The maximum Gasteiger partial charge on any atom is 0.234 e. The molecule has 1 aliphatic carbocycles. The molecule has 0 aliphatic heterocycles. The number of amides is 1. The van der Waals surface area contributed by atoms with Crippen LogP contribution in [0.3, 0.4) is 0 Å². The van der Waals surface area contributed by atoms with Crippen molar-refractivity contribution in [2.24, 2.45) is 0 Å². The molecule has 0 saturated heterocycles. The zero-order chi connectivity index (χ0) is 19.4. The van der Waals surface area contributed by atoms with E-state index >= 15 is 0 Å². The van der Waals surface area contributed by atoms with Crippen LogP contribution in [-0.4, -0.2) is 31.6 Å². The molecule has 1 atom stereocenters. The summed E-state index contributed by atoms with van der Waals surface area (Å²) in [6.07, 6.45) is 4.43. The number of carbonyl (C=O) groups excluding carboxylic acids is 1. The van der Waals surface area contributed by atoms with E-state index in [9.17, 15) is 10.1 Å². The van der Waals surface area contributed by atoms with Gasteiger partial charge >= 0.3 is 0 Å². The topological polar surface area (TPSA) is 110 Å². The lowest BCUT2D eigenvalue weighted by Crippen LogP contribution is -2.51. The van der Waals surface area contributed by atoms with Gasteiger partial charge in [0.05, 0.1) is 11.3 Å². The summed E-state index contributed by atoms with van der Waals surface area (Å²) in [5.41, 5.74) is 0.0720. The first-order valence-electron chi connectivity index (χ1n) is 8.81. The number of carbonyl (C=O) groups is 1. The minimum absolute atomic E-state index is 0.186. The van der Waals surface area contributed by atoms with Crippen molar-refractivity contribution in [1.82, 2.24) is 20.2 Å². The number of nitrogens with two attached hydrogens (primary N) is 1. The molecule has 9 heteroatoms. The van der Waals surface area contributed by atoms with Crippen molar-refractivity contribution >= 4 is 33.6 Å². The normalized spacial score (nSPS) is 17.1. The number of hydrogen-bond acceptors (Lipinski definition) is 6. The maximum atomic E-state index is 12.6. The molecule has 1 amide bonds. The Bertz CT molecular complexity index is 871. The third-order valence-electron chi connectivity index (χ3n) is 4.71. The first-order valence-corrected chi connectivity index (χ1v) is 10.5. The average molecular weight is 449 g/mol. The van der Waals surface area contributed by atoms with Crippen LogP contribution in [0.2, 0.25) is 0 Å². The summed E-state index contributed by atoms with van der Waals surface area (Å²) in [7, 11) is 0. The van der Waals surface area contributed by atoms with Crippen molar-refractivity contribution in [3.63, 3.8) is 0 Å². The Morgan fingerprint density at radius 3 is 2.74 bits per heavy atom. The van der Waals surface area contributed by atoms with Gasteiger partial charge in [-0.2, -0.15) is 5.26 Å². The number of nitriles is 1. The summed E-state index contributed by atoms with van der Waals surface area (Å²) in [6, 6.07) is 9.90. The second-order valence-electron chi connectivity index (χ2n) is 6.66. The number of nitrogen functional groups attached to an aromatic ring is 1. The Morgan fingerprint density at radius 1 is 1.37 bits per heavy atom. The van der Waals surface area contributed by atoms with E-state index in [1.54, 1.807) is 6.92 Å². The van der Waals surface area contributed by atoms with Gasteiger partial charge in [0.1, 0.15) is 5.54 Å². The van der Waals surface area contributed by atoms with Crippen LogP contribution in [0, 0.1) is 11.3 Å². The Kier molecular flexibility index (Phi) is 6.07. The van der Waals surface area contributed by atoms with Crippen LogP contribution >= 0.6 is 27.7 Å². The molecule has 0 radical (unpaired) electrons. The van der Waals surface area contributed by atoms with E-state index in [4.69, 9.17) is 5.84 Å². The zero-order valence-electron chi connectivity index (χ0n) is 15.0. The highest BCUT2D eigenvalue weighted by atomic mass is 79.9. The monoisotopic (exact) mass is 448 g/mol. The third kappa shape index (κ3) is 4.28. The van der Waals surface area contributed by atoms with Crippen LogP contribution in [0.5, 0.6) is 0 Å². The number of nitrogens with zero attached hydrogens (tertiary/aromatic N) is 4.